The maximum atomic E-state index is 12.6. The Morgan fingerprint density at radius 3 is 2.75 bits per heavy atom. The number of amides is 2. The molecule has 0 bridgehead atoms. The van der Waals surface area contributed by atoms with E-state index in [9.17, 15) is 4.79 Å². The van der Waals surface area contributed by atoms with Crippen LogP contribution in [0.1, 0.15) is 24.2 Å². The van der Waals surface area contributed by atoms with Gasteiger partial charge in [-0.15, -0.1) is 0 Å². The fourth-order valence-corrected chi connectivity index (χ4v) is 3.61. The fraction of sp³-hybridized carbons (Fsp3) is 0.364. The van der Waals surface area contributed by atoms with Crippen LogP contribution in [0.3, 0.4) is 0 Å². The number of pyridine rings is 1. The molecule has 0 atom stereocenters. The Kier molecular flexibility index (Phi) is 5.19. The summed E-state index contributed by atoms with van der Waals surface area (Å²) in [5.41, 5.74) is 2.02. The number of nitrogens with one attached hydrogen (secondary N) is 1. The van der Waals surface area contributed by atoms with Gasteiger partial charge in [0.05, 0.1) is 6.54 Å². The zero-order chi connectivity index (χ0) is 19.5. The van der Waals surface area contributed by atoms with E-state index in [-0.39, 0.29) is 12.1 Å². The number of rotatable bonds is 4. The molecular weight excluding hydrogens is 352 g/mol. The molecule has 1 aromatic carbocycles. The molecule has 28 heavy (non-hydrogen) atoms. The third-order valence-electron chi connectivity index (χ3n) is 5.26. The number of fused-ring (bicyclic) bond motifs is 1. The van der Waals surface area contributed by atoms with E-state index >= 15 is 0 Å². The smallest absolute Gasteiger partial charge is 0.317 e. The van der Waals surface area contributed by atoms with Crippen molar-refractivity contribution in [2.75, 3.05) is 25.0 Å². The van der Waals surface area contributed by atoms with Crippen LogP contribution in [0, 0.1) is 6.92 Å². The van der Waals surface area contributed by atoms with Gasteiger partial charge in [-0.3, -0.25) is 0 Å². The van der Waals surface area contributed by atoms with Gasteiger partial charge in [-0.05, 0) is 43.5 Å². The largest absolute Gasteiger partial charge is 0.459 e. The van der Waals surface area contributed by atoms with E-state index in [1.807, 2.05) is 43.5 Å². The van der Waals surface area contributed by atoms with Crippen molar-refractivity contribution in [2.24, 2.45) is 0 Å². The molecule has 6 nitrogen and oxygen atoms in total. The highest BCUT2D eigenvalue weighted by Gasteiger charge is 2.23. The van der Waals surface area contributed by atoms with Crippen LogP contribution in [0.25, 0.3) is 11.0 Å². The third kappa shape index (κ3) is 4.11. The van der Waals surface area contributed by atoms with E-state index in [2.05, 4.69) is 27.3 Å². The number of furan rings is 1. The molecule has 0 unspecified atom stereocenters. The molecule has 0 aliphatic carbocycles. The van der Waals surface area contributed by atoms with Crippen molar-refractivity contribution in [1.29, 1.82) is 0 Å². The summed E-state index contributed by atoms with van der Waals surface area (Å²) in [4.78, 5) is 21.0. The summed E-state index contributed by atoms with van der Waals surface area (Å²) >= 11 is 0. The van der Waals surface area contributed by atoms with E-state index in [0.29, 0.717) is 6.54 Å². The summed E-state index contributed by atoms with van der Waals surface area (Å²) in [6.07, 6.45) is 3.73. The van der Waals surface area contributed by atoms with Crippen molar-refractivity contribution in [3.8, 4) is 0 Å². The van der Waals surface area contributed by atoms with Crippen molar-refractivity contribution in [3.05, 3.63) is 60.0 Å². The van der Waals surface area contributed by atoms with Crippen LogP contribution in [-0.4, -0.2) is 42.1 Å². The highest BCUT2D eigenvalue weighted by Crippen LogP contribution is 2.20. The van der Waals surface area contributed by atoms with Crippen molar-refractivity contribution < 1.29 is 9.21 Å². The number of para-hydroxylation sites is 1. The van der Waals surface area contributed by atoms with Crippen LogP contribution in [-0.2, 0) is 6.54 Å². The van der Waals surface area contributed by atoms with Crippen molar-refractivity contribution in [2.45, 2.75) is 32.4 Å². The number of hydrogen-bond donors (Lipinski definition) is 1. The second kappa shape index (κ2) is 7.92. The Morgan fingerprint density at radius 1 is 1.25 bits per heavy atom. The normalized spacial score (nSPS) is 15.0. The summed E-state index contributed by atoms with van der Waals surface area (Å²) in [7, 11) is 1.80. The number of carbonyl (C=O) groups is 1. The number of benzene rings is 1. The number of nitrogens with zero attached hydrogens (tertiary/aromatic N) is 3. The van der Waals surface area contributed by atoms with Crippen molar-refractivity contribution in [3.63, 3.8) is 0 Å². The van der Waals surface area contributed by atoms with E-state index in [1.54, 1.807) is 11.9 Å². The molecule has 146 valence electrons. The van der Waals surface area contributed by atoms with Gasteiger partial charge in [0.15, 0.2) is 0 Å². The summed E-state index contributed by atoms with van der Waals surface area (Å²) < 4.78 is 5.81. The molecule has 1 aliphatic rings. The van der Waals surface area contributed by atoms with Crippen LogP contribution < -0.4 is 10.2 Å². The lowest BCUT2D eigenvalue weighted by atomic mass is 10.1. The second-order valence-corrected chi connectivity index (χ2v) is 7.51. The van der Waals surface area contributed by atoms with E-state index in [1.165, 1.54) is 5.56 Å². The lowest BCUT2D eigenvalue weighted by Gasteiger charge is -2.33. The van der Waals surface area contributed by atoms with Crippen LogP contribution in [0.5, 0.6) is 0 Å². The SMILES string of the molecule is Cc1ccc(N2CCC(NC(=O)N(C)Cc3cc4ccccc4o3)CC2)nc1. The molecular formula is C22H26N4O2. The topological polar surface area (TPSA) is 61.6 Å². The Hall–Kier alpha value is -3.02. The van der Waals surface area contributed by atoms with Gasteiger partial charge >= 0.3 is 6.03 Å². The van der Waals surface area contributed by atoms with Gasteiger partial charge in [0.25, 0.3) is 0 Å². The maximum absolute atomic E-state index is 12.6. The van der Waals surface area contributed by atoms with Crippen LogP contribution in [0.2, 0.25) is 0 Å². The number of hydrogen-bond acceptors (Lipinski definition) is 4. The number of urea groups is 1. The molecule has 0 spiro atoms. The Bertz CT molecular complexity index is 910. The minimum Gasteiger partial charge on any atom is -0.459 e. The Balaban J connectivity index is 1.28. The summed E-state index contributed by atoms with van der Waals surface area (Å²) in [5.74, 6) is 1.80. The molecule has 3 heterocycles. The predicted octanol–water partition coefficient (Wildman–Crippen LogP) is 3.95. The number of piperidine rings is 1. The standard InChI is InChI=1S/C22H26N4O2/c1-16-7-8-21(23-14-16)26-11-9-18(10-12-26)24-22(27)25(2)15-19-13-17-5-3-4-6-20(17)28-19/h3-8,13-14,18H,9-12,15H2,1-2H3,(H,24,27). The van der Waals surface area contributed by atoms with Gasteiger partial charge in [0.1, 0.15) is 17.2 Å². The zero-order valence-electron chi connectivity index (χ0n) is 16.4. The number of aryl methyl sites for hydroxylation is 1. The molecule has 3 aromatic rings. The van der Waals surface area contributed by atoms with Crippen molar-refractivity contribution >= 4 is 22.8 Å². The van der Waals surface area contributed by atoms with E-state index in [0.717, 1.165) is 48.5 Å². The summed E-state index contributed by atoms with van der Waals surface area (Å²) in [6.45, 7) is 4.29. The van der Waals surface area contributed by atoms with Gasteiger partial charge in [-0.25, -0.2) is 9.78 Å². The molecule has 0 saturated carbocycles. The third-order valence-corrected chi connectivity index (χ3v) is 5.26. The van der Waals surface area contributed by atoms with Gasteiger partial charge in [-0.1, -0.05) is 24.3 Å². The van der Waals surface area contributed by atoms with E-state index < -0.39 is 0 Å². The molecule has 1 fully saturated rings. The Morgan fingerprint density at radius 2 is 2.04 bits per heavy atom. The molecule has 4 rings (SSSR count). The van der Waals surface area contributed by atoms with Gasteiger partial charge in [0.2, 0.25) is 0 Å². The van der Waals surface area contributed by atoms with Gasteiger partial charge < -0.3 is 19.5 Å². The molecule has 0 radical (unpaired) electrons. The minimum absolute atomic E-state index is 0.0626. The average Bonchev–Trinajstić information content (AvgIpc) is 3.11. The van der Waals surface area contributed by atoms with Crippen LogP contribution in [0.4, 0.5) is 10.6 Å². The second-order valence-electron chi connectivity index (χ2n) is 7.51. The van der Waals surface area contributed by atoms with Gasteiger partial charge in [-0.2, -0.15) is 0 Å². The predicted molar refractivity (Wildman–Crippen MR) is 110 cm³/mol. The van der Waals surface area contributed by atoms with Crippen LogP contribution in [0.15, 0.2) is 53.1 Å². The fourth-order valence-electron chi connectivity index (χ4n) is 3.61. The zero-order valence-corrected chi connectivity index (χ0v) is 16.4. The molecule has 6 heteroatoms. The van der Waals surface area contributed by atoms with Gasteiger partial charge in [0, 0.05) is 37.8 Å². The monoisotopic (exact) mass is 378 g/mol. The lowest BCUT2D eigenvalue weighted by molar-refractivity contribution is 0.197. The molecule has 2 aromatic heterocycles. The molecule has 1 N–H and O–H groups in total. The van der Waals surface area contributed by atoms with Crippen LogP contribution >= 0.6 is 0 Å². The number of anilines is 1. The lowest BCUT2D eigenvalue weighted by Crippen LogP contribution is -2.48. The summed E-state index contributed by atoms with van der Waals surface area (Å²) in [6, 6.07) is 14.2. The van der Waals surface area contributed by atoms with E-state index in [4.69, 9.17) is 4.42 Å². The first-order valence-corrected chi connectivity index (χ1v) is 9.75. The number of aromatic nitrogens is 1. The highest BCUT2D eigenvalue weighted by atomic mass is 16.3. The molecule has 1 saturated heterocycles. The Labute approximate surface area is 165 Å². The molecule has 2 amide bonds. The summed E-state index contributed by atoms with van der Waals surface area (Å²) in [5, 5.41) is 4.21. The minimum atomic E-state index is -0.0626. The first-order valence-electron chi connectivity index (χ1n) is 9.75. The number of carbonyl (C=O) groups excluding carboxylic acids is 1. The average molecular weight is 378 g/mol. The first kappa shape index (κ1) is 18.3. The highest BCUT2D eigenvalue weighted by molar-refractivity contribution is 5.78. The molecule has 1 aliphatic heterocycles. The van der Waals surface area contributed by atoms with Crippen molar-refractivity contribution in [1.82, 2.24) is 15.2 Å². The quantitative estimate of drug-likeness (QED) is 0.747. The first-order chi connectivity index (χ1) is 13.6. The maximum Gasteiger partial charge on any atom is 0.317 e.